The Bertz CT molecular complexity index is 1210. The molecule has 10 nitrogen and oxygen atoms in total. The number of benzene rings is 2. The molecule has 2 saturated heterocycles. The van der Waals surface area contributed by atoms with Crippen molar-refractivity contribution >= 4 is 18.1 Å². The quantitative estimate of drug-likeness (QED) is 0.630. The van der Waals surface area contributed by atoms with Gasteiger partial charge in [-0.2, -0.15) is 0 Å². The van der Waals surface area contributed by atoms with Crippen molar-refractivity contribution in [3.8, 4) is 11.5 Å². The van der Waals surface area contributed by atoms with Gasteiger partial charge in [-0.3, -0.25) is 9.69 Å². The van der Waals surface area contributed by atoms with E-state index in [-0.39, 0.29) is 24.9 Å². The fraction of sp³-hybridized carbons (Fsp3) is 0.464. The molecule has 0 atom stereocenters. The van der Waals surface area contributed by atoms with Gasteiger partial charge in [0.05, 0.1) is 6.54 Å². The fourth-order valence-electron chi connectivity index (χ4n) is 4.82. The van der Waals surface area contributed by atoms with Gasteiger partial charge in [-0.1, -0.05) is 18.2 Å². The predicted molar refractivity (Wildman–Crippen MR) is 137 cm³/mol. The van der Waals surface area contributed by atoms with Crippen molar-refractivity contribution in [2.24, 2.45) is 0 Å². The minimum atomic E-state index is -0.593. The van der Waals surface area contributed by atoms with Crippen molar-refractivity contribution in [2.45, 2.75) is 57.9 Å². The Morgan fingerprint density at radius 2 is 1.68 bits per heavy atom. The molecule has 2 fully saturated rings. The first-order valence-corrected chi connectivity index (χ1v) is 12.8. The predicted octanol–water partition coefficient (Wildman–Crippen LogP) is 4.07. The molecule has 3 heterocycles. The van der Waals surface area contributed by atoms with E-state index in [0.29, 0.717) is 62.6 Å². The summed E-state index contributed by atoms with van der Waals surface area (Å²) in [5, 5.41) is 2.91. The summed E-state index contributed by atoms with van der Waals surface area (Å²) in [5.74, 6) is 1.19. The second-order valence-corrected chi connectivity index (χ2v) is 10.9. The molecule has 0 bridgehead atoms. The Morgan fingerprint density at radius 3 is 2.39 bits per heavy atom. The number of nitrogens with zero attached hydrogens (tertiary/aromatic N) is 2. The van der Waals surface area contributed by atoms with Crippen LogP contribution in [-0.2, 0) is 22.6 Å². The van der Waals surface area contributed by atoms with Gasteiger partial charge in [0, 0.05) is 44.6 Å². The van der Waals surface area contributed by atoms with E-state index in [2.05, 4.69) is 5.32 Å². The molecule has 0 aliphatic carbocycles. The van der Waals surface area contributed by atoms with Gasteiger partial charge in [-0.05, 0) is 56.2 Å². The number of piperidine rings is 1. The number of likely N-dealkylation sites (tertiary alicyclic amines) is 1. The maximum absolute atomic E-state index is 12.6. The lowest BCUT2D eigenvalue weighted by Gasteiger charge is -2.37. The van der Waals surface area contributed by atoms with Crippen LogP contribution in [0.1, 0.15) is 55.1 Å². The number of rotatable bonds is 5. The van der Waals surface area contributed by atoms with Gasteiger partial charge < -0.3 is 29.2 Å². The highest BCUT2D eigenvalue weighted by atomic mass is 16.7. The smallest absolute Gasteiger partial charge is 0.410 e. The molecule has 1 spiro atoms. The van der Waals surface area contributed by atoms with E-state index in [9.17, 15) is 14.4 Å². The molecule has 0 unspecified atom stereocenters. The monoisotopic (exact) mass is 523 g/mol. The van der Waals surface area contributed by atoms with Crippen molar-refractivity contribution in [1.29, 1.82) is 0 Å². The first-order chi connectivity index (χ1) is 18.1. The highest BCUT2D eigenvalue weighted by molar-refractivity contribution is 5.94. The zero-order valence-corrected chi connectivity index (χ0v) is 22.0. The van der Waals surface area contributed by atoms with Gasteiger partial charge in [0.25, 0.3) is 5.91 Å². The standard InChI is InChI=1S/C28H33N3O7/c1-27(2,3)37-25(33)30-12-10-28(11-13-30)17-31(26(34)38-28)16-19-4-7-21(8-5-19)24(32)29-15-20-6-9-22-23(14-20)36-18-35-22/h4-9,14H,10-13,15-18H2,1-3H3,(H,29,32). The van der Waals surface area contributed by atoms with Crippen molar-refractivity contribution < 1.29 is 33.3 Å². The molecule has 0 aromatic heterocycles. The zero-order valence-electron chi connectivity index (χ0n) is 22.0. The van der Waals surface area contributed by atoms with Crippen LogP contribution in [-0.4, -0.2) is 65.5 Å². The van der Waals surface area contributed by atoms with E-state index in [1.165, 1.54) is 0 Å². The van der Waals surface area contributed by atoms with E-state index in [1.807, 2.05) is 51.1 Å². The summed E-state index contributed by atoms with van der Waals surface area (Å²) < 4.78 is 21.9. The van der Waals surface area contributed by atoms with Crippen molar-refractivity contribution in [1.82, 2.24) is 15.1 Å². The van der Waals surface area contributed by atoms with Crippen LogP contribution < -0.4 is 14.8 Å². The van der Waals surface area contributed by atoms with Crippen molar-refractivity contribution in [3.05, 3.63) is 59.2 Å². The molecular formula is C28H33N3O7. The summed E-state index contributed by atoms with van der Waals surface area (Å²) in [5.41, 5.74) is 1.20. The molecule has 38 heavy (non-hydrogen) atoms. The van der Waals surface area contributed by atoms with Crippen molar-refractivity contribution in [2.75, 3.05) is 26.4 Å². The molecule has 2 aromatic carbocycles. The van der Waals surface area contributed by atoms with E-state index in [1.54, 1.807) is 21.9 Å². The van der Waals surface area contributed by atoms with Gasteiger partial charge in [-0.25, -0.2) is 9.59 Å². The SMILES string of the molecule is CC(C)(C)OC(=O)N1CCC2(CC1)CN(Cc1ccc(C(=O)NCc3ccc4c(c3)OCO4)cc1)C(=O)O2. The summed E-state index contributed by atoms with van der Waals surface area (Å²) >= 11 is 0. The number of carbonyl (C=O) groups is 3. The molecule has 5 rings (SSSR count). The van der Waals surface area contributed by atoms with Crippen LogP contribution in [0.15, 0.2) is 42.5 Å². The Hall–Kier alpha value is -3.95. The Kier molecular flexibility index (Phi) is 6.81. The molecule has 0 radical (unpaired) electrons. The average Bonchev–Trinajstić information content (AvgIpc) is 3.46. The normalized spacial score (nSPS) is 17.9. The molecule has 10 heteroatoms. The van der Waals surface area contributed by atoms with Gasteiger partial charge in [0.15, 0.2) is 11.5 Å². The van der Waals surface area contributed by atoms with Crippen LogP contribution >= 0.6 is 0 Å². The lowest BCUT2D eigenvalue weighted by molar-refractivity contribution is -0.0170. The fourth-order valence-corrected chi connectivity index (χ4v) is 4.82. The highest BCUT2D eigenvalue weighted by Gasteiger charge is 2.47. The molecule has 0 saturated carbocycles. The van der Waals surface area contributed by atoms with Crippen LogP contribution in [0.5, 0.6) is 11.5 Å². The van der Waals surface area contributed by atoms with Gasteiger partial charge in [0.1, 0.15) is 11.2 Å². The number of nitrogens with one attached hydrogen (secondary N) is 1. The number of amides is 3. The lowest BCUT2D eigenvalue weighted by atomic mass is 9.91. The summed E-state index contributed by atoms with van der Waals surface area (Å²) in [7, 11) is 0. The molecule has 202 valence electrons. The number of hydrogen-bond donors (Lipinski definition) is 1. The summed E-state index contributed by atoms with van der Waals surface area (Å²) in [6.07, 6.45) is 0.434. The third-order valence-corrected chi connectivity index (χ3v) is 6.85. The largest absolute Gasteiger partial charge is 0.454 e. The number of ether oxygens (including phenoxy) is 4. The Labute approximate surface area is 221 Å². The van der Waals surface area contributed by atoms with Crippen LogP contribution in [0.4, 0.5) is 9.59 Å². The van der Waals surface area contributed by atoms with E-state index in [4.69, 9.17) is 18.9 Å². The summed E-state index contributed by atoms with van der Waals surface area (Å²) in [6.45, 7) is 7.90. The van der Waals surface area contributed by atoms with Gasteiger partial charge >= 0.3 is 12.2 Å². The topological polar surface area (TPSA) is 107 Å². The molecule has 2 aromatic rings. The summed E-state index contributed by atoms with van der Waals surface area (Å²) in [6, 6.07) is 12.8. The highest BCUT2D eigenvalue weighted by Crippen LogP contribution is 2.35. The molecule has 3 aliphatic rings. The minimum absolute atomic E-state index is 0.189. The first-order valence-electron chi connectivity index (χ1n) is 12.8. The summed E-state index contributed by atoms with van der Waals surface area (Å²) in [4.78, 5) is 41.0. The molecule has 3 amide bonds. The van der Waals surface area contributed by atoms with Crippen LogP contribution in [0.3, 0.4) is 0 Å². The zero-order chi connectivity index (χ0) is 26.9. The number of carbonyl (C=O) groups excluding carboxylic acids is 3. The molecule has 1 N–H and O–H groups in total. The van der Waals surface area contributed by atoms with Crippen molar-refractivity contribution in [3.63, 3.8) is 0 Å². The second-order valence-electron chi connectivity index (χ2n) is 10.9. The Balaban J connectivity index is 1.11. The third-order valence-electron chi connectivity index (χ3n) is 6.85. The number of fused-ring (bicyclic) bond motifs is 1. The number of hydrogen-bond acceptors (Lipinski definition) is 7. The van der Waals surface area contributed by atoms with Gasteiger partial charge in [0.2, 0.25) is 6.79 Å². The van der Waals surface area contributed by atoms with Crippen LogP contribution in [0.2, 0.25) is 0 Å². The van der Waals surface area contributed by atoms with E-state index in [0.717, 1.165) is 11.1 Å². The molecular weight excluding hydrogens is 490 g/mol. The van der Waals surface area contributed by atoms with Crippen LogP contribution in [0.25, 0.3) is 0 Å². The van der Waals surface area contributed by atoms with E-state index >= 15 is 0 Å². The van der Waals surface area contributed by atoms with E-state index < -0.39 is 11.2 Å². The third kappa shape index (κ3) is 5.79. The Morgan fingerprint density at radius 1 is 1.00 bits per heavy atom. The van der Waals surface area contributed by atoms with Gasteiger partial charge in [-0.15, -0.1) is 0 Å². The lowest BCUT2D eigenvalue weighted by Crippen LogP contribution is -2.49. The maximum atomic E-state index is 12.6. The van der Waals surface area contributed by atoms with Crippen LogP contribution in [0, 0.1) is 0 Å². The average molecular weight is 524 g/mol. The first kappa shape index (κ1) is 25.7. The minimum Gasteiger partial charge on any atom is -0.454 e. The molecule has 3 aliphatic heterocycles. The second kappa shape index (κ2) is 10.1. The maximum Gasteiger partial charge on any atom is 0.410 e.